The van der Waals surface area contributed by atoms with Crippen LogP contribution in [0.3, 0.4) is 0 Å². The molecule has 0 spiro atoms. The third-order valence-corrected chi connectivity index (χ3v) is 9.70. The van der Waals surface area contributed by atoms with Gasteiger partial charge >= 0.3 is 11.9 Å². The molecule has 2 rings (SSSR count). The Morgan fingerprint density at radius 1 is 0.452 bits per heavy atom. The second-order valence-electron chi connectivity index (χ2n) is 10.8. The molecule has 42 heavy (non-hydrogen) atoms. The van der Waals surface area contributed by atoms with Crippen LogP contribution in [0.1, 0.15) is 136 Å². The Hall–Kier alpha value is -2.06. The standard InChI is InChI=1S/C34H52N2O4S2/c37-33(31-19-23-35-24-20-31)39-27-15-11-7-3-1-5-9-13-17-29-41-42-30-18-14-10-6-2-4-8-12-16-28-40-34(38)32-21-25-36-26-22-32/h19-26H,1-18,27-30H2. The highest BCUT2D eigenvalue weighted by atomic mass is 33.1. The second kappa shape index (κ2) is 26.6. The molecule has 0 aliphatic rings. The fourth-order valence-electron chi connectivity index (χ4n) is 4.59. The van der Waals surface area contributed by atoms with E-state index in [1.54, 1.807) is 49.1 Å². The molecule has 0 atom stereocenters. The Morgan fingerprint density at radius 2 is 0.738 bits per heavy atom. The molecule has 6 nitrogen and oxygen atoms in total. The van der Waals surface area contributed by atoms with E-state index in [2.05, 4.69) is 31.6 Å². The molecule has 0 fully saturated rings. The summed E-state index contributed by atoms with van der Waals surface area (Å²) in [5, 5.41) is 0. The van der Waals surface area contributed by atoms with Gasteiger partial charge in [-0.15, -0.1) is 0 Å². The van der Waals surface area contributed by atoms with Crippen molar-refractivity contribution in [3.63, 3.8) is 0 Å². The van der Waals surface area contributed by atoms with Crippen molar-refractivity contribution in [2.75, 3.05) is 24.7 Å². The lowest BCUT2D eigenvalue weighted by atomic mass is 10.1. The highest BCUT2D eigenvalue weighted by Gasteiger charge is 2.06. The number of rotatable bonds is 27. The lowest BCUT2D eigenvalue weighted by molar-refractivity contribution is 0.0488. The van der Waals surface area contributed by atoms with Crippen LogP contribution < -0.4 is 0 Å². The van der Waals surface area contributed by atoms with Crippen molar-refractivity contribution in [1.29, 1.82) is 0 Å². The first kappa shape index (κ1) is 36.1. The SMILES string of the molecule is O=C(OCCCCCCCCCCCSSCCCCCCCCCCCOC(=O)c1ccncc1)c1ccncc1. The van der Waals surface area contributed by atoms with Gasteiger partial charge in [-0.05, 0) is 49.9 Å². The van der Waals surface area contributed by atoms with Gasteiger partial charge in [-0.25, -0.2) is 9.59 Å². The number of carbonyl (C=O) groups excluding carboxylic acids is 2. The summed E-state index contributed by atoms with van der Waals surface area (Å²) >= 11 is 0. The predicted molar refractivity (Wildman–Crippen MR) is 177 cm³/mol. The molecule has 0 bridgehead atoms. The molecular weight excluding hydrogens is 565 g/mol. The minimum absolute atomic E-state index is 0.249. The molecule has 0 saturated heterocycles. The summed E-state index contributed by atoms with van der Waals surface area (Å²) in [5.41, 5.74) is 1.15. The zero-order valence-electron chi connectivity index (χ0n) is 25.5. The summed E-state index contributed by atoms with van der Waals surface area (Å²) in [6.07, 6.45) is 29.1. The van der Waals surface area contributed by atoms with Gasteiger partial charge in [0.2, 0.25) is 0 Å². The van der Waals surface area contributed by atoms with Gasteiger partial charge in [0, 0.05) is 36.3 Å². The molecule has 0 amide bonds. The molecule has 0 aliphatic carbocycles. The Kier molecular flexibility index (Phi) is 22.8. The average molecular weight is 617 g/mol. The number of carbonyl (C=O) groups is 2. The number of ether oxygens (including phenoxy) is 2. The third kappa shape index (κ3) is 20.0. The predicted octanol–water partition coefficient (Wildman–Crippen LogP) is 9.89. The lowest BCUT2D eigenvalue weighted by Crippen LogP contribution is -2.06. The molecular formula is C34H52N2O4S2. The minimum atomic E-state index is -0.249. The van der Waals surface area contributed by atoms with Crippen molar-refractivity contribution in [3.05, 3.63) is 60.2 Å². The lowest BCUT2D eigenvalue weighted by Gasteiger charge is -2.05. The molecule has 234 valence electrons. The van der Waals surface area contributed by atoms with Crippen LogP contribution in [0, 0.1) is 0 Å². The Bertz CT molecular complexity index is 843. The summed E-state index contributed by atoms with van der Waals surface area (Å²) in [6.45, 7) is 1.02. The summed E-state index contributed by atoms with van der Waals surface area (Å²) in [6, 6.07) is 6.75. The topological polar surface area (TPSA) is 78.4 Å². The largest absolute Gasteiger partial charge is 0.462 e. The number of pyridine rings is 2. The Morgan fingerprint density at radius 3 is 1.07 bits per heavy atom. The molecule has 2 aromatic rings. The van der Waals surface area contributed by atoms with Crippen LogP contribution >= 0.6 is 21.6 Å². The van der Waals surface area contributed by atoms with E-state index in [4.69, 9.17) is 9.47 Å². The van der Waals surface area contributed by atoms with E-state index in [-0.39, 0.29) is 11.9 Å². The van der Waals surface area contributed by atoms with Crippen LogP contribution in [0.5, 0.6) is 0 Å². The van der Waals surface area contributed by atoms with E-state index < -0.39 is 0 Å². The van der Waals surface area contributed by atoms with Crippen molar-refractivity contribution in [2.24, 2.45) is 0 Å². The third-order valence-electron chi connectivity index (χ3n) is 7.13. The summed E-state index contributed by atoms with van der Waals surface area (Å²) < 4.78 is 10.6. The highest BCUT2D eigenvalue weighted by molar-refractivity contribution is 8.76. The van der Waals surface area contributed by atoms with Crippen molar-refractivity contribution in [3.8, 4) is 0 Å². The molecule has 8 heteroatoms. The monoisotopic (exact) mass is 616 g/mol. The Labute approximate surface area is 262 Å². The fourth-order valence-corrected chi connectivity index (χ4v) is 6.89. The molecule has 0 N–H and O–H groups in total. The van der Waals surface area contributed by atoms with E-state index in [0.717, 1.165) is 25.7 Å². The van der Waals surface area contributed by atoms with Crippen LogP contribution in [0.2, 0.25) is 0 Å². The average Bonchev–Trinajstić information content (AvgIpc) is 3.03. The Balaban J connectivity index is 1.19. The van der Waals surface area contributed by atoms with Crippen molar-refractivity contribution in [1.82, 2.24) is 9.97 Å². The van der Waals surface area contributed by atoms with E-state index >= 15 is 0 Å². The van der Waals surface area contributed by atoms with Gasteiger partial charge < -0.3 is 9.47 Å². The van der Waals surface area contributed by atoms with Crippen LogP contribution in [0.15, 0.2) is 49.1 Å². The first-order chi connectivity index (χ1) is 20.8. The van der Waals surface area contributed by atoms with Gasteiger partial charge in [0.1, 0.15) is 0 Å². The normalized spacial score (nSPS) is 11.0. The second-order valence-corrected chi connectivity index (χ2v) is 13.5. The number of esters is 2. The van der Waals surface area contributed by atoms with Gasteiger partial charge in [-0.3, -0.25) is 9.97 Å². The molecule has 0 saturated carbocycles. The molecule has 0 aromatic carbocycles. The zero-order valence-corrected chi connectivity index (χ0v) is 27.2. The highest BCUT2D eigenvalue weighted by Crippen LogP contribution is 2.25. The maximum atomic E-state index is 11.8. The van der Waals surface area contributed by atoms with Crippen LogP contribution in [0.25, 0.3) is 0 Å². The van der Waals surface area contributed by atoms with Crippen molar-refractivity contribution < 1.29 is 19.1 Å². The van der Waals surface area contributed by atoms with E-state index in [1.807, 2.05) is 0 Å². The quantitative estimate of drug-likeness (QED) is 0.0557. The first-order valence-corrected chi connectivity index (χ1v) is 18.6. The molecule has 2 heterocycles. The number of nitrogens with zero attached hydrogens (tertiary/aromatic N) is 2. The number of unbranched alkanes of at least 4 members (excludes halogenated alkanes) is 16. The van der Waals surface area contributed by atoms with Crippen LogP contribution in [-0.2, 0) is 9.47 Å². The zero-order chi connectivity index (χ0) is 29.8. The summed E-state index contributed by atoms with van der Waals surface area (Å²) in [5.74, 6) is 2.07. The van der Waals surface area contributed by atoms with Crippen LogP contribution in [0.4, 0.5) is 0 Å². The van der Waals surface area contributed by atoms with Gasteiger partial charge in [-0.2, -0.15) is 0 Å². The van der Waals surface area contributed by atoms with Gasteiger partial charge in [0.15, 0.2) is 0 Å². The smallest absolute Gasteiger partial charge is 0.338 e. The summed E-state index contributed by atoms with van der Waals surface area (Å²) in [4.78, 5) is 31.5. The molecule has 0 unspecified atom stereocenters. The number of hydrogen-bond donors (Lipinski definition) is 0. The van der Waals surface area contributed by atoms with Crippen molar-refractivity contribution in [2.45, 2.75) is 116 Å². The maximum Gasteiger partial charge on any atom is 0.338 e. The number of aromatic nitrogens is 2. The first-order valence-electron chi connectivity index (χ1n) is 16.2. The number of hydrogen-bond acceptors (Lipinski definition) is 8. The molecule has 2 aromatic heterocycles. The maximum absolute atomic E-state index is 11.8. The summed E-state index contributed by atoms with van der Waals surface area (Å²) in [7, 11) is 4.12. The van der Waals surface area contributed by atoms with Gasteiger partial charge in [0.25, 0.3) is 0 Å². The van der Waals surface area contributed by atoms with Crippen molar-refractivity contribution >= 4 is 33.5 Å². The van der Waals surface area contributed by atoms with E-state index in [9.17, 15) is 9.59 Å². The fraction of sp³-hybridized carbons (Fsp3) is 0.647. The molecule has 0 aliphatic heterocycles. The van der Waals surface area contributed by atoms with E-state index in [0.29, 0.717) is 24.3 Å². The van der Waals surface area contributed by atoms with E-state index in [1.165, 1.54) is 101 Å². The van der Waals surface area contributed by atoms with Crippen LogP contribution in [-0.4, -0.2) is 46.6 Å². The molecule has 0 radical (unpaired) electrons. The minimum Gasteiger partial charge on any atom is -0.462 e. The van der Waals surface area contributed by atoms with Gasteiger partial charge in [-0.1, -0.05) is 111 Å². The van der Waals surface area contributed by atoms with Gasteiger partial charge in [0.05, 0.1) is 24.3 Å².